The molecule has 7 heteroatoms. The molecule has 6 nitrogen and oxygen atoms in total. The lowest BCUT2D eigenvalue weighted by Gasteiger charge is -2.05. The fraction of sp³-hybridized carbons (Fsp3) is 0.0769. The van der Waals surface area contributed by atoms with E-state index in [4.69, 9.17) is 10.5 Å². The highest BCUT2D eigenvalue weighted by Gasteiger charge is 2.04. The third-order valence-corrected chi connectivity index (χ3v) is 2.48. The van der Waals surface area contributed by atoms with Crippen molar-refractivity contribution >= 4 is 40.3 Å². The van der Waals surface area contributed by atoms with Crippen LogP contribution in [0.4, 0.5) is 0 Å². The minimum Gasteiger partial charge on any atom is -0.427 e. The molecule has 0 aliphatic carbocycles. The van der Waals surface area contributed by atoms with Gasteiger partial charge in [-0.2, -0.15) is 5.10 Å². The topological polar surface area (TPSA) is 89.6 Å². The van der Waals surface area contributed by atoms with Gasteiger partial charge in [-0.15, -0.1) is 0 Å². The van der Waals surface area contributed by atoms with E-state index in [2.05, 4.69) is 27.7 Å². The Kier molecular flexibility index (Phi) is 4.21. The third kappa shape index (κ3) is 3.48. The highest BCUT2D eigenvalue weighted by Crippen LogP contribution is 2.22. The molecular weight excluding hydrogens is 276 g/mol. The molecule has 0 fully saturated rings. The summed E-state index contributed by atoms with van der Waals surface area (Å²) in [5, 5.41) is 5.70. The SMILES string of the molecule is CC(=O)Oc1ccc2ccnc(/C=N/NC(N)=S)c2c1. The zero-order valence-corrected chi connectivity index (χ0v) is 11.5. The van der Waals surface area contributed by atoms with E-state index in [9.17, 15) is 4.79 Å². The van der Waals surface area contributed by atoms with Crippen LogP contribution >= 0.6 is 12.2 Å². The average molecular weight is 288 g/mol. The van der Waals surface area contributed by atoms with Crippen LogP contribution in [0.25, 0.3) is 10.8 Å². The Morgan fingerprint density at radius 2 is 2.30 bits per heavy atom. The van der Waals surface area contributed by atoms with Crippen molar-refractivity contribution in [1.29, 1.82) is 0 Å². The minimum absolute atomic E-state index is 0.0714. The second-order valence-electron chi connectivity index (χ2n) is 3.91. The summed E-state index contributed by atoms with van der Waals surface area (Å²) < 4.78 is 5.05. The van der Waals surface area contributed by atoms with E-state index in [1.165, 1.54) is 13.1 Å². The summed E-state index contributed by atoms with van der Waals surface area (Å²) in [6.45, 7) is 1.35. The Bertz CT molecular complexity index is 700. The molecule has 20 heavy (non-hydrogen) atoms. The van der Waals surface area contributed by atoms with Gasteiger partial charge in [0.05, 0.1) is 11.9 Å². The second-order valence-corrected chi connectivity index (χ2v) is 4.35. The maximum atomic E-state index is 11.0. The fourth-order valence-corrected chi connectivity index (χ4v) is 1.71. The minimum atomic E-state index is -0.376. The molecule has 0 atom stereocenters. The molecule has 1 aromatic heterocycles. The predicted octanol–water partition coefficient (Wildman–Crippen LogP) is 1.33. The van der Waals surface area contributed by atoms with Gasteiger partial charge >= 0.3 is 5.97 Å². The van der Waals surface area contributed by atoms with Crippen molar-refractivity contribution in [3.8, 4) is 5.75 Å². The molecule has 0 spiro atoms. The molecule has 0 aliphatic rings. The largest absolute Gasteiger partial charge is 0.427 e. The first-order valence-electron chi connectivity index (χ1n) is 5.72. The molecule has 0 saturated carbocycles. The number of nitrogens with one attached hydrogen (secondary N) is 1. The highest BCUT2D eigenvalue weighted by atomic mass is 32.1. The first-order valence-corrected chi connectivity index (χ1v) is 6.13. The number of esters is 1. The average Bonchev–Trinajstić information content (AvgIpc) is 2.38. The van der Waals surface area contributed by atoms with E-state index in [1.807, 2.05) is 12.1 Å². The molecule has 0 aliphatic heterocycles. The van der Waals surface area contributed by atoms with Gasteiger partial charge in [-0.25, -0.2) is 0 Å². The van der Waals surface area contributed by atoms with Gasteiger partial charge in [0.15, 0.2) is 5.11 Å². The number of aromatic nitrogens is 1. The van der Waals surface area contributed by atoms with Gasteiger partial charge in [-0.3, -0.25) is 15.2 Å². The maximum absolute atomic E-state index is 11.0. The fourth-order valence-electron chi connectivity index (χ4n) is 1.66. The van der Waals surface area contributed by atoms with Crippen LogP contribution in [0.15, 0.2) is 35.6 Å². The smallest absolute Gasteiger partial charge is 0.308 e. The molecule has 102 valence electrons. The Morgan fingerprint density at radius 1 is 1.50 bits per heavy atom. The molecule has 2 aromatic rings. The summed E-state index contributed by atoms with van der Waals surface area (Å²) in [6, 6.07) is 7.14. The van der Waals surface area contributed by atoms with E-state index in [0.29, 0.717) is 11.4 Å². The van der Waals surface area contributed by atoms with Crippen molar-refractivity contribution in [3.05, 3.63) is 36.2 Å². The van der Waals surface area contributed by atoms with Crippen molar-refractivity contribution in [2.75, 3.05) is 0 Å². The van der Waals surface area contributed by atoms with Gasteiger partial charge in [0.25, 0.3) is 0 Å². The number of hydrogen-bond donors (Lipinski definition) is 2. The van der Waals surface area contributed by atoms with Crippen LogP contribution in [0.5, 0.6) is 5.75 Å². The Balaban J connectivity index is 2.40. The third-order valence-electron chi connectivity index (χ3n) is 2.39. The number of thiocarbonyl (C=S) groups is 1. The van der Waals surface area contributed by atoms with Crippen molar-refractivity contribution in [2.24, 2.45) is 10.8 Å². The Hall–Kier alpha value is -2.54. The summed E-state index contributed by atoms with van der Waals surface area (Å²) >= 11 is 4.65. The van der Waals surface area contributed by atoms with Crippen LogP contribution in [-0.4, -0.2) is 22.3 Å². The number of benzene rings is 1. The molecule has 1 aromatic carbocycles. The molecule has 2 rings (SSSR count). The van der Waals surface area contributed by atoms with Gasteiger partial charge in [0.2, 0.25) is 0 Å². The Morgan fingerprint density at radius 3 is 3.00 bits per heavy atom. The van der Waals surface area contributed by atoms with Crippen LogP contribution in [-0.2, 0) is 4.79 Å². The van der Waals surface area contributed by atoms with Crippen LogP contribution in [0.3, 0.4) is 0 Å². The molecule has 0 amide bonds. The van der Waals surface area contributed by atoms with Crippen LogP contribution in [0, 0.1) is 0 Å². The van der Waals surface area contributed by atoms with E-state index < -0.39 is 0 Å². The molecule has 1 heterocycles. The van der Waals surface area contributed by atoms with Crippen LogP contribution in [0.2, 0.25) is 0 Å². The molecular formula is C13H12N4O2S. The van der Waals surface area contributed by atoms with Crippen LogP contribution in [0.1, 0.15) is 12.6 Å². The van der Waals surface area contributed by atoms with Gasteiger partial charge in [0, 0.05) is 18.5 Å². The monoisotopic (exact) mass is 288 g/mol. The summed E-state index contributed by atoms with van der Waals surface area (Å²) in [7, 11) is 0. The number of pyridine rings is 1. The molecule has 3 N–H and O–H groups in total. The zero-order valence-electron chi connectivity index (χ0n) is 10.7. The molecule has 0 radical (unpaired) electrons. The number of fused-ring (bicyclic) bond motifs is 1. The summed E-state index contributed by atoms with van der Waals surface area (Å²) in [5.74, 6) is 0.0774. The van der Waals surface area contributed by atoms with Gasteiger partial charge in [-0.05, 0) is 35.8 Å². The van der Waals surface area contributed by atoms with E-state index >= 15 is 0 Å². The van der Waals surface area contributed by atoms with E-state index in [0.717, 1.165) is 10.8 Å². The standard InChI is InChI=1S/C13H12N4O2S/c1-8(18)19-10-3-2-9-4-5-15-12(11(9)6-10)7-16-17-13(14)20/h2-7H,1H3,(H3,14,17,20)/b16-7+. The summed E-state index contributed by atoms with van der Waals surface area (Å²) in [6.07, 6.45) is 3.16. The lowest BCUT2D eigenvalue weighted by molar-refractivity contribution is -0.131. The molecule has 0 unspecified atom stereocenters. The first kappa shape index (κ1) is 13.9. The predicted molar refractivity (Wildman–Crippen MR) is 80.6 cm³/mol. The number of carbonyl (C=O) groups is 1. The number of carbonyl (C=O) groups excluding carboxylic acids is 1. The van der Waals surface area contributed by atoms with Gasteiger partial charge in [0.1, 0.15) is 5.75 Å². The maximum Gasteiger partial charge on any atom is 0.308 e. The zero-order chi connectivity index (χ0) is 14.5. The van der Waals surface area contributed by atoms with E-state index in [-0.39, 0.29) is 11.1 Å². The van der Waals surface area contributed by atoms with Crippen LogP contribution < -0.4 is 15.9 Å². The quantitative estimate of drug-likeness (QED) is 0.291. The summed E-state index contributed by atoms with van der Waals surface area (Å²) in [4.78, 5) is 15.2. The summed E-state index contributed by atoms with van der Waals surface area (Å²) in [5.41, 5.74) is 8.35. The number of hydrogen-bond acceptors (Lipinski definition) is 5. The number of nitrogens with two attached hydrogens (primary N) is 1. The van der Waals surface area contributed by atoms with Crippen molar-refractivity contribution in [2.45, 2.75) is 6.92 Å². The van der Waals surface area contributed by atoms with Crippen molar-refractivity contribution in [1.82, 2.24) is 10.4 Å². The van der Waals surface area contributed by atoms with Gasteiger partial charge < -0.3 is 10.5 Å². The van der Waals surface area contributed by atoms with Gasteiger partial charge in [-0.1, -0.05) is 6.07 Å². The molecule has 0 bridgehead atoms. The highest BCUT2D eigenvalue weighted by molar-refractivity contribution is 7.80. The number of rotatable bonds is 3. The first-order chi connectivity index (χ1) is 9.56. The van der Waals surface area contributed by atoms with Crippen molar-refractivity contribution in [3.63, 3.8) is 0 Å². The lowest BCUT2D eigenvalue weighted by Crippen LogP contribution is -2.24. The van der Waals surface area contributed by atoms with Crippen molar-refractivity contribution < 1.29 is 9.53 Å². The number of nitrogens with zero attached hydrogens (tertiary/aromatic N) is 2. The number of hydrazone groups is 1. The van der Waals surface area contributed by atoms with E-state index in [1.54, 1.807) is 18.3 Å². The lowest BCUT2D eigenvalue weighted by atomic mass is 10.1. The Labute approximate surface area is 120 Å². The second kappa shape index (κ2) is 6.07. The molecule has 0 saturated heterocycles. The number of ether oxygens (including phenoxy) is 1. The normalized spacial score (nSPS) is 10.7.